The average Bonchev–Trinajstić information content (AvgIpc) is 3.37. The molecule has 5 N–H and O–H groups in total. The quantitative estimate of drug-likeness (QED) is 0.267. The van der Waals surface area contributed by atoms with Crippen molar-refractivity contribution in [1.29, 1.82) is 0 Å². The molecule has 206 valence electrons. The Morgan fingerprint density at radius 2 is 2.00 bits per heavy atom. The number of anilines is 2. The highest BCUT2D eigenvalue weighted by atomic mass is 79.9. The van der Waals surface area contributed by atoms with Gasteiger partial charge in [0.2, 0.25) is 0 Å². The molecule has 1 amide bonds. The molecule has 1 saturated heterocycles. The minimum atomic E-state index is -5.06. The number of halogens is 4. The van der Waals surface area contributed by atoms with Gasteiger partial charge in [0.25, 0.3) is 0 Å². The minimum Gasteiger partial charge on any atom is -0.385 e. The summed E-state index contributed by atoms with van der Waals surface area (Å²) in [5.41, 5.74) is 4.66. The zero-order valence-corrected chi connectivity index (χ0v) is 22.3. The normalized spacial score (nSPS) is 25.4. The van der Waals surface area contributed by atoms with Crippen molar-refractivity contribution < 1.29 is 32.9 Å². The summed E-state index contributed by atoms with van der Waals surface area (Å²) >= 11 is 3.14. The lowest BCUT2D eigenvalue weighted by Crippen LogP contribution is -2.52. The summed E-state index contributed by atoms with van der Waals surface area (Å²) in [6.45, 7) is 3.20. The third kappa shape index (κ3) is 4.71. The molecule has 39 heavy (non-hydrogen) atoms. The number of nitrogens with one attached hydrogen (secondary N) is 1. The van der Waals surface area contributed by atoms with E-state index >= 15 is 0 Å². The van der Waals surface area contributed by atoms with Crippen LogP contribution in [-0.2, 0) is 16.0 Å². The molecule has 4 aromatic rings. The van der Waals surface area contributed by atoms with Gasteiger partial charge in [-0.1, -0.05) is 12.1 Å². The topological polar surface area (TPSA) is 148 Å². The lowest BCUT2D eigenvalue weighted by atomic mass is 9.80. The molecule has 14 heteroatoms. The van der Waals surface area contributed by atoms with Crippen molar-refractivity contribution in [1.82, 2.24) is 19.5 Å². The van der Waals surface area contributed by atoms with Gasteiger partial charge in [-0.15, -0.1) is 0 Å². The number of alkyl halides is 3. The monoisotopic (exact) mass is 608 g/mol. The first-order valence-corrected chi connectivity index (χ1v) is 12.6. The first kappa shape index (κ1) is 27.2. The standard InChI is InChI=1S/C25H24BrF3N6O4/c1-23(24(2,38)17(36)21(39-23)35-8-6-14-18(30)31-11-32-20(14)35)7-5-12-3-4-13-10-15(26)19(33-16(13)9-12)34-22(37)25(27,28)29/h3-4,6,8-11,17,21,36,38H,5,7H2,1-2H3,(H2,30,31,32)(H,33,34,37)/t17-,21+,23+,24-/m0/s1. The fraction of sp³-hybridized carbons (Fsp3) is 0.360. The Kier molecular flexibility index (Phi) is 6.57. The molecule has 4 heterocycles. The molecule has 0 radical (unpaired) electrons. The predicted octanol–water partition coefficient (Wildman–Crippen LogP) is 3.86. The summed E-state index contributed by atoms with van der Waals surface area (Å²) < 4.78 is 46.2. The van der Waals surface area contributed by atoms with Gasteiger partial charge in [-0.05, 0) is 66.4 Å². The van der Waals surface area contributed by atoms with Crippen LogP contribution in [0.1, 0.15) is 32.1 Å². The Morgan fingerprint density at radius 1 is 1.26 bits per heavy atom. The Bertz CT molecular complexity index is 1590. The Labute approximate surface area is 228 Å². The number of nitrogen functional groups attached to an aromatic ring is 1. The van der Waals surface area contributed by atoms with Crippen molar-refractivity contribution in [2.24, 2.45) is 0 Å². The number of ether oxygens (including phenoxy) is 1. The van der Waals surface area contributed by atoms with Crippen LogP contribution in [0.4, 0.5) is 24.8 Å². The van der Waals surface area contributed by atoms with Crippen molar-refractivity contribution in [3.05, 3.63) is 52.9 Å². The Balaban J connectivity index is 1.39. The van der Waals surface area contributed by atoms with E-state index in [2.05, 4.69) is 30.9 Å². The number of aliphatic hydroxyl groups excluding tert-OH is 1. The van der Waals surface area contributed by atoms with Gasteiger partial charge in [-0.25, -0.2) is 15.0 Å². The van der Waals surface area contributed by atoms with E-state index in [0.717, 1.165) is 5.56 Å². The fourth-order valence-electron chi connectivity index (χ4n) is 4.75. The summed E-state index contributed by atoms with van der Waals surface area (Å²) in [6.07, 6.45) is -3.68. The lowest BCUT2D eigenvalue weighted by molar-refractivity contribution is -0.167. The van der Waals surface area contributed by atoms with E-state index in [1.54, 1.807) is 47.3 Å². The van der Waals surface area contributed by atoms with Crippen LogP contribution in [0, 0.1) is 0 Å². The number of aliphatic hydroxyl groups is 2. The second kappa shape index (κ2) is 9.40. The van der Waals surface area contributed by atoms with Gasteiger partial charge >= 0.3 is 12.1 Å². The maximum absolute atomic E-state index is 12.7. The van der Waals surface area contributed by atoms with Crippen molar-refractivity contribution in [3.63, 3.8) is 0 Å². The molecule has 1 aliphatic rings. The minimum absolute atomic E-state index is 0.202. The number of amides is 1. The molecule has 0 unspecified atom stereocenters. The van der Waals surface area contributed by atoms with Gasteiger partial charge in [0.15, 0.2) is 6.23 Å². The van der Waals surface area contributed by atoms with Gasteiger partial charge in [0.1, 0.15) is 35.3 Å². The summed E-state index contributed by atoms with van der Waals surface area (Å²) in [5.74, 6) is -2.11. The van der Waals surface area contributed by atoms with Crippen molar-refractivity contribution >= 4 is 55.4 Å². The molecule has 1 aliphatic heterocycles. The molecule has 3 aromatic heterocycles. The van der Waals surface area contributed by atoms with Gasteiger partial charge in [-0.2, -0.15) is 13.2 Å². The molecule has 0 saturated carbocycles. The number of rotatable bonds is 5. The summed E-state index contributed by atoms with van der Waals surface area (Å²) in [4.78, 5) is 23.8. The van der Waals surface area contributed by atoms with Crippen LogP contribution in [0.15, 0.2) is 47.3 Å². The van der Waals surface area contributed by atoms with Crippen LogP contribution in [0.2, 0.25) is 0 Å². The molecular formula is C25H24BrF3N6O4. The molecule has 0 bridgehead atoms. The van der Waals surface area contributed by atoms with Crippen molar-refractivity contribution in [3.8, 4) is 0 Å². The largest absolute Gasteiger partial charge is 0.471 e. The smallest absolute Gasteiger partial charge is 0.385 e. The number of nitrogens with two attached hydrogens (primary N) is 1. The van der Waals surface area contributed by atoms with Crippen LogP contribution < -0.4 is 11.1 Å². The summed E-state index contributed by atoms with van der Waals surface area (Å²) in [7, 11) is 0. The van der Waals surface area contributed by atoms with Crippen LogP contribution >= 0.6 is 15.9 Å². The molecular weight excluding hydrogens is 585 g/mol. The van der Waals surface area contributed by atoms with Gasteiger partial charge < -0.3 is 30.6 Å². The van der Waals surface area contributed by atoms with E-state index in [1.807, 2.05) is 6.07 Å². The highest BCUT2D eigenvalue weighted by molar-refractivity contribution is 9.10. The SMILES string of the molecule is C[C@]1(CCc2ccc3cc(Br)c(NC(=O)C(F)(F)F)nc3c2)O[C@@H](n2ccc3c(N)ncnc32)[C@H](O)[C@]1(C)O. The number of aromatic nitrogens is 4. The second-order valence-corrected chi connectivity index (χ2v) is 10.7. The van der Waals surface area contributed by atoms with Gasteiger partial charge in [0, 0.05) is 11.6 Å². The van der Waals surface area contributed by atoms with E-state index in [0.29, 0.717) is 28.4 Å². The van der Waals surface area contributed by atoms with Crippen molar-refractivity contribution in [2.75, 3.05) is 11.1 Å². The van der Waals surface area contributed by atoms with Crippen LogP contribution in [-0.4, -0.2) is 59.1 Å². The number of hydrogen-bond donors (Lipinski definition) is 4. The number of nitrogens with zero attached hydrogens (tertiary/aromatic N) is 4. The molecule has 1 aromatic carbocycles. The van der Waals surface area contributed by atoms with Crippen molar-refractivity contribution in [2.45, 2.75) is 56.4 Å². The zero-order valence-electron chi connectivity index (χ0n) is 20.7. The number of benzene rings is 1. The average molecular weight is 609 g/mol. The summed E-state index contributed by atoms with van der Waals surface area (Å²) in [6, 6.07) is 8.52. The van der Waals surface area contributed by atoms with Crippen LogP contribution in [0.3, 0.4) is 0 Å². The third-order valence-corrected chi connectivity index (χ3v) is 7.93. The summed E-state index contributed by atoms with van der Waals surface area (Å²) in [5, 5.41) is 25.4. The fourth-order valence-corrected chi connectivity index (χ4v) is 5.18. The number of fused-ring (bicyclic) bond motifs is 2. The lowest BCUT2D eigenvalue weighted by Gasteiger charge is -2.36. The second-order valence-electron chi connectivity index (χ2n) is 9.85. The van der Waals surface area contributed by atoms with Crippen LogP contribution in [0.5, 0.6) is 0 Å². The molecule has 5 rings (SSSR count). The van der Waals surface area contributed by atoms with Gasteiger partial charge in [0.05, 0.1) is 21.0 Å². The number of hydrogen-bond acceptors (Lipinski definition) is 8. The van der Waals surface area contributed by atoms with E-state index in [9.17, 15) is 28.2 Å². The Hall–Kier alpha value is -3.33. The Morgan fingerprint density at radius 3 is 2.72 bits per heavy atom. The molecule has 1 fully saturated rings. The maximum atomic E-state index is 12.7. The highest BCUT2D eigenvalue weighted by Crippen LogP contribution is 2.47. The number of carbonyl (C=O) groups excluding carboxylic acids is 1. The third-order valence-electron chi connectivity index (χ3n) is 7.33. The van der Waals surface area contributed by atoms with E-state index < -0.39 is 35.6 Å². The first-order valence-electron chi connectivity index (χ1n) is 11.8. The zero-order chi connectivity index (χ0) is 28.3. The van der Waals surface area contributed by atoms with Crippen LogP contribution in [0.25, 0.3) is 21.9 Å². The number of pyridine rings is 1. The molecule has 0 aliphatic carbocycles. The van der Waals surface area contributed by atoms with Gasteiger partial charge in [-0.3, -0.25) is 4.79 Å². The first-order chi connectivity index (χ1) is 18.2. The maximum Gasteiger partial charge on any atom is 0.471 e. The van der Waals surface area contributed by atoms with E-state index in [4.69, 9.17) is 10.5 Å². The molecule has 10 nitrogen and oxygen atoms in total. The molecule has 0 spiro atoms. The van der Waals surface area contributed by atoms with E-state index in [1.165, 1.54) is 13.3 Å². The number of carbonyl (C=O) groups is 1. The highest BCUT2D eigenvalue weighted by Gasteiger charge is 2.60. The molecule has 4 atom stereocenters. The van der Waals surface area contributed by atoms with E-state index in [-0.39, 0.29) is 22.5 Å². The predicted molar refractivity (Wildman–Crippen MR) is 140 cm³/mol. The number of aryl methyl sites for hydroxylation is 1.